The molecular formula is C18H21FN4O2. The lowest BCUT2D eigenvalue weighted by atomic mass is 9.95. The van der Waals surface area contributed by atoms with Gasteiger partial charge >= 0.3 is 0 Å². The summed E-state index contributed by atoms with van der Waals surface area (Å²) in [4.78, 5) is 18.2. The average molecular weight is 344 g/mol. The summed E-state index contributed by atoms with van der Waals surface area (Å²) in [6, 6.07) is 6.22. The number of carbonyl (C=O) groups excluding carboxylic acids is 1. The number of nitrogens with zero attached hydrogens (tertiary/aromatic N) is 3. The summed E-state index contributed by atoms with van der Waals surface area (Å²) < 4.78 is 18.6. The van der Waals surface area contributed by atoms with Crippen molar-refractivity contribution >= 4 is 5.91 Å². The van der Waals surface area contributed by atoms with Gasteiger partial charge in [-0.1, -0.05) is 23.7 Å². The van der Waals surface area contributed by atoms with E-state index in [1.165, 1.54) is 12.1 Å². The molecule has 2 aliphatic rings. The predicted molar refractivity (Wildman–Crippen MR) is 88.0 cm³/mol. The lowest BCUT2D eigenvalue weighted by molar-refractivity contribution is -0.124. The van der Waals surface area contributed by atoms with E-state index in [-0.39, 0.29) is 23.2 Å². The van der Waals surface area contributed by atoms with E-state index >= 15 is 0 Å². The van der Waals surface area contributed by atoms with Crippen LogP contribution in [0.15, 0.2) is 28.8 Å². The molecule has 0 bridgehead atoms. The zero-order chi connectivity index (χ0) is 17.4. The van der Waals surface area contributed by atoms with Crippen molar-refractivity contribution in [2.45, 2.75) is 50.1 Å². The van der Waals surface area contributed by atoms with Gasteiger partial charge in [-0.3, -0.25) is 9.69 Å². The highest BCUT2D eigenvalue weighted by atomic mass is 19.1. The van der Waals surface area contributed by atoms with Crippen molar-refractivity contribution in [1.82, 2.24) is 15.0 Å². The number of halogens is 1. The second-order valence-electron chi connectivity index (χ2n) is 6.99. The second kappa shape index (κ2) is 6.22. The van der Waals surface area contributed by atoms with Crippen LogP contribution in [0.3, 0.4) is 0 Å². The van der Waals surface area contributed by atoms with Crippen molar-refractivity contribution in [2.75, 3.05) is 6.54 Å². The first-order valence-electron chi connectivity index (χ1n) is 8.71. The zero-order valence-corrected chi connectivity index (χ0v) is 13.9. The lowest BCUT2D eigenvalue weighted by Crippen LogP contribution is -2.47. The number of amides is 1. The first kappa shape index (κ1) is 16.2. The monoisotopic (exact) mass is 344 g/mol. The molecule has 6 nitrogen and oxygen atoms in total. The van der Waals surface area contributed by atoms with E-state index in [0.29, 0.717) is 18.3 Å². The van der Waals surface area contributed by atoms with Crippen molar-refractivity contribution in [3.63, 3.8) is 0 Å². The fourth-order valence-electron chi connectivity index (χ4n) is 3.72. The molecule has 1 saturated heterocycles. The van der Waals surface area contributed by atoms with Gasteiger partial charge in [0.05, 0.1) is 18.0 Å². The van der Waals surface area contributed by atoms with E-state index in [4.69, 9.17) is 10.3 Å². The highest BCUT2D eigenvalue weighted by Crippen LogP contribution is 2.52. The van der Waals surface area contributed by atoms with E-state index in [1.54, 1.807) is 12.1 Å². The van der Waals surface area contributed by atoms with Crippen molar-refractivity contribution in [3.05, 3.63) is 47.4 Å². The van der Waals surface area contributed by atoms with Crippen LogP contribution in [0.2, 0.25) is 0 Å². The second-order valence-corrected chi connectivity index (χ2v) is 6.99. The molecule has 7 heteroatoms. The van der Waals surface area contributed by atoms with Crippen molar-refractivity contribution in [2.24, 2.45) is 5.73 Å². The van der Waals surface area contributed by atoms with Gasteiger partial charge in [0.25, 0.3) is 0 Å². The molecule has 1 aliphatic heterocycles. The van der Waals surface area contributed by atoms with Gasteiger partial charge in [0.2, 0.25) is 11.8 Å². The van der Waals surface area contributed by atoms with Gasteiger partial charge in [-0.05, 0) is 49.9 Å². The number of nitrogens with two attached hydrogens (primary N) is 1. The highest BCUT2D eigenvalue weighted by Gasteiger charge is 2.50. The molecular weight excluding hydrogens is 323 g/mol. The molecule has 1 unspecified atom stereocenters. The molecule has 2 fully saturated rings. The molecule has 132 valence electrons. The van der Waals surface area contributed by atoms with Crippen molar-refractivity contribution in [3.8, 4) is 0 Å². The number of hydrogen-bond acceptors (Lipinski definition) is 5. The number of likely N-dealkylation sites (tertiary alicyclic amines) is 1. The third-order valence-electron chi connectivity index (χ3n) is 5.32. The normalized spacial score (nSPS) is 22.7. The minimum absolute atomic E-state index is 0.254. The Bertz CT molecular complexity index is 770. The number of aromatic nitrogens is 2. The summed E-state index contributed by atoms with van der Waals surface area (Å²) in [5, 5.41) is 4.16. The zero-order valence-electron chi connectivity index (χ0n) is 13.9. The molecule has 25 heavy (non-hydrogen) atoms. The van der Waals surface area contributed by atoms with Crippen LogP contribution in [0.4, 0.5) is 4.39 Å². The van der Waals surface area contributed by atoms with Crippen LogP contribution in [0, 0.1) is 5.82 Å². The van der Waals surface area contributed by atoms with Gasteiger partial charge in [0.15, 0.2) is 5.82 Å². The van der Waals surface area contributed by atoms with E-state index in [9.17, 15) is 9.18 Å². The molecule has 1 amide bonds. The maximum Gasteiger partial charge on any atom is 0.240 e. The minimum atomic E-state index is -0.301. The van der Waals surface area contributed by atoms with Gasteiger partial charge in [0, 0.05) is 0 Å². The number of benzene rings is 1. The summed E-state index contributed by atoms with van der Waals surface area (Å²) in [5.74, 6) is 0.582. The Hall–Kier alpha value is -2.28. The number of rotatable bonds is 5. The summed E-state index contributed by atoms with van der Waals surface area (Å²) in [6.45, 7) is 1.23. The van der Waals surface area contributed by atoms with Crippen LogP contribution in [-0.2, 0) is 16.8 Å². The van der Waals surface area contributed by atoms with Gasteiger partial charge in [-0.25, -0.2) is 4.39 Å². The average Bonchev–Trinajstić information content (AvgIpc) is 3.29. The largest absolute Gasteiger partial charge is 0.368 e. The summed E-state index contributed by atoms with van der Waals surface area (Å²) >= 11 is 0. The molecule has 1 aliphatic carbocycles. The molecule has 0 radical (unpaired) electrons. The molecule has 2 heterocycles. The Kier molecular flexibility index (Phi) is 4.03. The Balaban J connectivity index is 1.52. The summed E-state index contributed by atoms with van der Waals surface area (Å²) in [6.07, 6.45) is 4.66. The number of hydrogen-bond donors (Lipinski definition) is 1. The highest BCUT2D eigenvalue weighted by molar-refractivity contribution is 5.79. The summed E-state index contributed by atoms with van der Waals surface area (Å²) in [5.41, 5.74) is 6.25. The molecule has 1 atom stereocenters. The number of carbonyl (C=O) groups is 1. The molecule has 1 aromatic heterocycles. The topological polar surface area (TPSA) is 85.3 Å². The SMILES string of the molecule is NC(=O)C1CCCCN1Cc1nc(C2(c3ccc(F)cc3)CC2)no1. The molecule has 2 N–H and O–H groups in total. The van der Waals surface area contributed by atoms with Gasteiger partial charge < -0.3 is 10.3 Å². The Morgan fingerprint density at radius 1 is 1.32 bits per heavy atom. The van der Waals surface area contributed by atoms with Crippen LogP contribution in [-0.4, -0.2) is 33.5 Å². The standard InChI is InChI=1S/C18H21FN4O2/c19-13-6-4-12(5-7-13)18(8-9-18)17-21-15(25-22-17)11-23-10-2-1-3-14(23)16(20)24/h4-7,14H,1-3,8-11H2,(H2,20,24). The third kappa shape index (κ3) is 3.04. The molecule has 2 aromatic rings. The van der Waals surface area contributed by atoms with Crippen molar-refractivity contribution in [1.29, 1.82) is 0 Å². The van der Waals surface area contributed by atoms with Gasteiger partial charge in [-0.15, -0.1) is 0 Å². The maximum absolute atomic E-state index is 13.2. The molecule has 1 aromatic carbocycles. The van der Waals surface area contributed by atoms with Crippen LogP contribution in [0.25, 0.3) is 0 Å². The quantitative estimate of drug-likeness (QED) is 0.898. The van der Waals surface area contributed by atoms with Crippen LogP contribution < -0.4 is 5.73 Å². The van der Waals surface area contributed by atoms with E-state index in [0.717, 1.165) is 44.2 Å². The van der Waals surface area contributed by atoms with E-state index in [2.05, 4.69) is 10.1 Å². The van der Waals surface area contributed by atoms with Crippen LogP contribution in [0.1, 0.15) is 49.4 Å². The van der Waals surface area contributed by atoms with E-state index < -0.39 is 0 Å². The predicted octanol–water partition coefficient (Wildman–Crippen LogP) is 2.13. The first-order valence-corrected chi connectivity index (χ1v) is 8.71. The molecule has 4 rings (SSSR count). The molecule has 1 saturated carbocycles. The van der Waals surface area contributed by atoms with E-state index in [1.807, 2.05) is 4.90 Å². The number of piperidine rings is 1. The lowest BCUT2D eigenvalue weighted by Gasteiger charge is -2.32. The van der Waals surface area contributed by atoms with Crippen molar-refractivity contribution < 1.29 is 13.7 Å². The third-order valence-corrected chi connectivity index (χ3v) is 5.32. The number of primary amides is 1. The Morgan fingerprint density at radius 3 is 2.76 bits per heavy atom. The Labute approximate surface area is 145 Å². The smallest absolute Gasteiger partial charge is 0.240 e. The fourth-order valence-corrected chi connectivity index (χ4v) is 3.72. The van der Waals surface area contributed by atoms with Gasteiger partial charge in [-0.2, -0.15) is 4.98 Å². The first-order chi connectivity index (χ1) is 12.1. The maximum atomic E-state index is 13.2. The van der Waals surface area contributed by atoms with Gasteiger partial charge in [0.1, 0.15) is 5.82 Å². The fraction of sp³-hybridized carbons (Fsp3) is 0.500. The minimum Gasteiger partial charge on any atom is -0.368 e. The van der Waals surface area contributed by atoms with Crippen LogP contribution >= 0.6 is 0 Å². The van der Waals surface area contributed by atoms with Crippen LogP contribution in [0.5, 0.6) is 0 Å². The summed E-state index contributed by atoms with van der Waals surface area (Å²) in [7, 11) is 0. The molecule has 0 spiro atoms. The Morgan fingerprint density at radius 2 is 2.08 bits per heavy atom.